The summed E-state index contributed by atoms with van der Waals surface area (Å²) >= 11 is 0. The molecule has 0 unspecified atom stereocenters. The minimum Gasteiger partial charge on any atom is -0.508 e. The second-order valence-electron chi connectivity index (χ2n) is 3.02. The Bertz CT molecular complexity index is 437. The van der Waals surface area contributed by atoms with Crippen LogP contribution in [0, 0.1) is 0 Å². The highest BCUT2D eigenvalue weighted by atomic mass is 16.3. The van der Waals surface area contributed by atoms with Crippen LogP contribution in [0.1, 0.15) is 11.4 Å². The van der Waals surface area contributed by atoms with Gasteiger partial charge >= 0.3 is 0 Å². The summed E-state index contributed by atoms with van der Waals surface area (Å²) in [4.78, 5) is 6.62. The number of aromatic amines is 1. The number of H-pyrrole nitrogens is 1. The zero-order valence-electron chi connectivity index (χ0n) is 7.44. The normalized spacial score (nSPS) is 10.3. The molecule has 1 aromatic heterocycles. The third-order valence-corrected chi connectivity index (χ3v) is 1.96. The van der Waals surface area contributed by atoms with Crippen molar-refractivity contribution in [2.75, 3.05) is 0 Å². The smallest absolute Gasteiger partial charge is 0.208 e. The molecule has 1 heterocycles. The van der Waals surface area contributed by atoms with E-state index in [0.717, 1.165) is 5.56 Å². The molecule has 2 aromatic rings. The van der Waals surface area contributed by atoms with Gasteiger partial charge in [0.05, 0.1) is 6.20 Å². The third kappa shape index (κ3) is 1.69. The van der Waals surface area contributed by atoms with Gasteiger partial charge < -0.3 is 15.2 Å². The Kier molecular flexibility index (Phi) is 2.10. The van der Waals surface area contributed by atoms with Crippen molar-refractivity contribution in [3.63, 3.8) is 0 Å². The number of imidazole rings is 1. The number of aromatic nitrogens is 2. The van der Waals surface area contributed by atoms with E-state index in [1.165, 1.54) is 6.20 Å². The maximum absolute atomic E-state index is 9.47. The summed E-state index contributed by atoms with van der Waals surface area (Å²) in [7, 11) is 0. The highest BCUT2D eigenvalue weighted by Gasteiger charge is 2.04. The van der Waals surface area contributed by atoms with Gasteiger partial charge in [0, 0.05) is 12.0 Å². The van der Waals surface area contributed by atoms with Crippen LogP contribution < -0.4 is 0 Å². The van der Waals surface area contributed by atoms with E-state index in [-0.39, 0.29) is 11.6 Å². The van der Waals surface area contributed by atoms with Gasteiger partial charge in [0.15, 0.2) is 0 Å². The number of nitrogens with one attached hydrogen (secondary N) is 1. The Morgan fingerprint density at radius 1 is 1.21 bits per heavy atom. The summed E-state index contributed by atoms with van der Waals surface area (Å²) in [5.41, 5.74) is 0.779. The van der Waals surface area contributed by atoms with Gasteiger partial charge in [-0.05, 0) is 6.07 Å². The fraction of sp³-hybridized carbons (Fsp3) is 0.100. The molecule has 1 aromatic carbocycles. The molecule has 2 rings (SSSR count). The quantitative estimate of drug-likeness (QED) is 0.670. The summed E-state index contributed by atoms with van der Waals surface area (Å²) < 4.78 is 0. The maximum Gasteiger partial charge on any atom is 0.208 e. The second kappa shape index (κ2) is 3.41. The zero-order chi connectivity index (χ0) is 9.97. The molecule has 0 saturated carbocycles. The number of para-hydroxylation sites is 1. The van der Waals surface area contributed by atoms with Crippen molar-refractivity contribution in [2.45, 2.75) is 6.42 Å². The first-order chi connectivity index (χ1) is 6.75. The molecule has 0 spiro atoms. The Hall–Kier alpha value is -1.97. The van der Waals surface area contributed by atoms with E-state index in [4.69, 9.17) is 5.11 Å². The number of phenols is 1. The fourth-order valence-electron chi connectivity index (χ4n) is 1.28. The lowest BCUT2D eigenvalue weighted by Gasteiger charge is -2.00. The largest absolute Gasteiger partial charge is 0.508 e. The number of hydrogen-bond acceptors (Lipinski definition) is 3. The van der Waals surface area contributed by atoms with Crippen LogP contribution in [0.15, 0.2) is 30.5 Å². The molecule has 0 aliphatic rings. The fourth-order valence-corrected chi connectivity index (χ4v) is 1.28. The summed E-state index contributed by atoms with van der Waals surface area (Å²) in [5.74, 6) is 0.905. The maximum atomic E-state index is 9.47. The molecule has 0 saturated heterocycles. The molecule has 14 heavy (non-hydrogen) atoms. The number of phenolic OH excluding ortho intramolecular Hbond substituents is 1. The molecular weight excluding hydrogens is 180 g/mol. The summed E-state index contributed by atoms with van der Waals surface area (Å²) in [6, 6.07) is 7.04. The predicted octanol–water partition coefficient (Wildman–Crippen LogP) is 1.41. The monoisotopic (exact) mass is 190 g/mol. The lowest BCUT2D eigenvalue weighted by atomic mass is 10.1. The topological polar surface area (TPSA) is 69.1 Å². The first kappa shape index (κ1) is 8.62. The van der Waals surface area contributed by atoms with Crippen LogP contribution >= 0.6 is 0 Å². The van der Waals surface area contributed by atoms with Crippen LogP contribution in [0.25, 0.3) is 0 Å². The van der Waals surface area contributed by atoms with Crippen molar-refractivity contribution in [3.05, 3.63) is 41.9 Å². The molecule has 0 aliphatic carbocycles. The Morgan fingerprint density at radius 3 is 2.64 bits per heavy atom. The summed E-state index contributed by atoms with van der Waals surface area (Å²) in [6.45, 7) is 0. The van der Waals surface area contributed by atoms with Gasteiger partial charge in [0.2, 0.25) is 5.88 Å². The van der Waals surface area contributed by atoms with Crippen molar-refractivity contribution < 1.29 is 10.2 Å². The first-order valence-corrected chi connectivity index (χ1v) is 4.25. The van der Waals surface area contributed by atoms with E-state index < -0.39 is 0 Å². The number of aromatic hydroxyl groups is 2. The average Bonchev–Trinajstić information content (AvgIpc) is 2.56. The lowest BCUT2D eigenvalue weighted by Crippen LogP contribution is -1.90. The van der Waals surface area contributed by atoms with Crippen LogP contribution in [0.3, 0.4) is 0 Å². The third-order valence-electron chi connectivity index (χ3n) is 1.96. The lowest BCUT2D eigenvalue weighted by molar-refractivity contribution is 0.454. The molecule has 4 heteroatoms. The first-order valence-electron chi connectivity index (χ1n) is 4.25. The molecule has 0 atom stereocenters. The number of hydrogen-bond donors (Lipinski definition) is 3. The van der Waals surface area contributed by atoms with Crippen molar-refractivity contribution in [3.8, 4) is 11.6 Å². The summed E-state index contributed by atoms with van der Waals surface area (Å²) in [6.07, 6.45) is 1.82. The average molecular weight is 190 g/mol. The van der Waals surface area contributed by atoms with Crippen LogP contribution in [-0.4, -0.2) is 20.2 Å². The Balaban J connectivity index is 2.23. The molecular formula is C10H10N2O2. The minimum atomic E-state index is 0.0374. The van der Waals surface area contributed by atoms with Gasteiger partial charge in [-0.1, -0.05) is 18.2 Å². The minimum absolute atomic E-state index is 0.0374. The Morgan fingerprint density at radius 2 is 2.00 bits per heavy atom. The highest BCUT2D eigenvalue weighted by molar-refractivity contribution is 5.34. The molecule has 0 fully saturated rings. The van der Waals surface area contributed by atoms with Crippen molar-refractivity contribution in [1.82, 2.24) is 9.97 Å². The van der Waals surface area contributed by atoms with E-state index >= 15 is 0 Å². The summed E-state index contributed by atoms with van der Waals surface area (Å²) in [5, 5.41) is 18.5. The van der Waals surface area contributed by atoms with Gasteiger partial charge in [0.1, 0.15) is 11.6 Å². The molecule has 0 radical (unpaired) electrons. The van der Waals surface area contributed by atoms with Crippen molar-refractivity contribution in [1.29, 1.82) is 0 Å². The van der Waals surface area contributed by atoms with Crippen molar-refractivity contribution >= 4 is 0 Å². The molecule has 0 amide bonds. The molecule has 0 aliphatic heterocycles. The molecule has 72 valence electrons. The number of nitrogens with zero attached hydrogens (tertiary/aromatic N) is 1. The van der Waals surface area contributed by atoms with Gasteiger partial charge in [-0.3, -0.25) is 0 Å². The van der Waals surface area contributed by atoms with Crippen LogP contribution in [0.2, 0.25) is 0 Å². The van der Waals surface area contributed by atoms with Gasteiger partial charge in [-0.25, -0.2) is 4.98 Å². The van der Waals surface area contributed by atoms with Crippen LogP contribution in [-0.2, 0) is 6.42 Å². The van der Waals surface area contributed by atoms with E-state index in [2.05, 4.69) is 9.97 Å². The number of benzene rings is 1. The van der Waals surface area contributed by atoms with Gasteiger partial charge in [-0.15, -0.1) is 0 Å². The SMILES string of the molecule is Oc1cnc(Cc2ccccc2O)[nH]1. The molecule has 3 N–H and O–H groups in total. The van der Waals surface area contributed by atoms with Crippen LogP contribution in [0.5, 0.6) is 11.6 Å². The molecule has 4 nitrogen and oxygen atoms in total. The Labute approximate surface area is 80.9 Å². The standard InChI is InChI=1S/C10H10N2O2/c13-8-4-2-1-3-7(8)5-9-11-6-10(14)12-9/h1-4,6,13-14H,5H2,(H,11,12). The number of rotatable bonds is 2. The zero-order valence-corrected chi connectivity index (χ0v) is 7.44. The van der Waals surface area contributed by atoms with E-state index in [0.29, 0.717) is 12.2 Å². The van der Waals surface area contributed by atoms with Gasteiger partial charge in [-0.2, -0.15) is 0 Å². The highest BCUT2D eigenvalue weighted by Crippen LogP contribution is 2.18. The molecule has 0 bridgehead atoms. The predicted molar refractivity (Wildman–Crippen MR) is 51.2 cm³/mol. The second-order valence-corrected chi connectivity index (χ2v) is 3.02. The van der Waals surface area contributed by atoms with E-state index in [1.54, 1.807) is 12.1 Å². The van der Waals surface area contributed by atoms with Crippen LogP contribution in [0.4, 0.5) is 0 Å². The van der Waals surface area contributed by atoms with Crippen molar-refractivity contribution in [2.24, 2.45) is 0 Å². The van der Waals surface area contributed by atoms with Gasteiger partial charge in [0.25, 0.3) is 0 Å². The van der Waals surface area contributed by atoms with E-state index in [9.17, 15) is 5.11 Å². The van der Waals surface area contributed by atoms with E-state index in [1.807, 2.05) is 12.1 Å².